The molecular formula is C12H12F3NO3. The third-order valence-electron chi connectivity index (χ3n) is 3.05. The number of alkyl halides is 3. The number of nitrogens with one attached hydrogen (secondary N) is 1. The first-order chi connectivity index (χ1) is 8.82. The minimum atomic E-state index is -4.93. The molecule has 0 bridgehead atoms. The van der Waals surface area contributed by atoms with Gasteiger partial charge in [-0.1, -0.05) is 6.07 Å². The Bertz CT molecular complexity index is 501. The molecule has 1 aliphatic rings. The molecule has 0 aromatic heterocycles. The molecule has 0 radical (unpaired) electrons. The van der Waals surface area contributed by atoms with Crippen molar-refractivity contribution in [3.05, 3.63) is 29.3 Å². The van der Waals surface area contributed by atoms with Gasteiger partial charge in [0.05, 0.1) is 19.3 Å². The molecule has 0 aliphatic heterocycles. The Morgan fingerprint density at radius 3 is 2.68 bits per heavy atom. The average molecular weight is 275 g/mol. The molecule has 19 heavy (non-hydrogen) atoms. The van der Waals surface area contributed by atoms with E-state index in [-0.39, 0.29) is 6.42 Å². The fourth-order valence-electron chi connectivity index (χ4n) is 2.14. The minimum Gasteiger partial charge on any atom is -0.497 e. The molecule has 1 aliphatic carbocycles. The van der Waals surface area contributed by atoms with Crippen LogP contribution in [-0.4, -0.2) is 24.3 Å². The highest BCUT2D eigenvalue weighted by atomic mass is 19.4. The zero-order chi connectivity index (χ0) is 14.2. The number of methoxy groups -OCH3 is 1. The molecule has 104 valence electrons. The number of fused-ring (bicyclic) bond motifs is 1. The van der Waals surface area contributed by atoms with Gasteiger partial charge in [0.1, 0.15) is 5.75 Å². The van der Waals surface area contributed by atoms with Gasteiger partial charge in [-0.3, -0.25) is 4.79 Å². The van der Waals surface area contributed by atoms with E-state index in [1.54, 1.807) is 18.2 Å². The highest BCUT2D eigenvalue weighted by Gasteiger charge is 2.42. The van der Waals surface area contributed by atoms with Gasteiger partial charge >= 0.3 is 12.1 Å². The van der Waals surface area contributed by atoms with Gasteiger partial charge in [0.25, 0.3) is 0 Å². The molecule has 0 fully saturated rings. The van der Waals surface area contributed by atoms with Crippen LogP contribution in [0.1, 0.15) is 29.7 Å². The van der Waals surface area contributed by atoms with E-state index in [9.17, 15) is 23.1 Å². The Kier molecular flexibility index (Phi) is 3.40. The topological polar surface area (TPSA) is 58.6 Å². The Balaban J connectivity index is 2.23. The van der Waals surface area contributed by atoms with Gasteiger partial charge in [-0.15, -0.1) is 0 Å². The van der Waals surface area contributed by atoms with Crippen molar-refractivity contribution in [2.75, 3.05) is 7.11 Å². The van der Waals surface area contributed by atoms with E-state index < -0.39 is 24.2 Å². The maximum atomic E-state index is 12.2. The summed E-state index contributed by atoms with van der Waals surface area (Å²) in [6.45, 7) is 0. The Labute approximate surface area is 107 Å². The molecular weight excluding hydrogens is 263 g/mol. The highest BCUT2D eigenvalue weighted by Crippen LogP contribution is 2.40. The van der Waals surface area contributed by atoms with Crippen LogP contribution in [-0.2, 0) is 4.79 Å². The van der Waals surface area contributed by atoms with E-state index in [4.69, 9.17) is 4.74 Å². The lowest BCUT2D eigenvalue weighted by Crippen LogP contribution is -2.38. The summed E-state index contributed by atoms with van der Waals surface area (Å²) in [5, 5.41) is 11.7. The van der Waals surface area contributed by atoms with Crippen molar-refractivity contribution in [1.82, 2.24) is 5.32 Å². The Hall–Kier alpha value is -1.76. The summed E-state index contributed by atoms with van der Waals surface area (Å²) >= 11 is 0. The summed E-state index contributed by atoms with van der Waals surface area (Å²) < 4.78 is 41.6. The van der Waals surface area contributed by atoms with E-state index in [1.165, 1.54) is 7.11 Å². The number of carbonyl (C=O) groups excluding carboxylic acids is 1. The van der Waals surface area contributed by atoms with Crippen LogP contribution >= 0.6 is 0 Å². The van der Waals surface area contributed by atoms with E-state index in [2.05, 4.69) is 0 Å². The molecule has 2 unspecified atom stereocenters. The second-order valence-corrected chi connectivity index (χ2v) is 4.27. The van der Waals surface area contributed by atoms with Gasteiger partial charge in [0, 0.05) is 6.42 Å². The molecule has 2 atom stereocenters. The van der Waals surface area contributed by atoms with Gasteiger partial charge in [-0.2, -0.15) is 13.2 Å². The van der Waals surface area contributed by atoms with E-state index in [0.717, 1.165) is 0 Å². The van der Waals surface area contributed by atoms with Crippen LogP contribution in [0.25, 0.3) is 0 Å². The minimum absolute atomic E-state index is 0.0182. The third-order valence-corrected chi connectivity index (χ3v) is 3.05. The summed E-state index contributed by atoms with van der Waals surface area (Å²) in [7, 11) is 1.45. The van der Waals surface area contributed by atoms with E-state index >= 15 is 0 Å². The molecule has 1 aromatic rings. The first-order valence-corrected chi connectivity index (χ1v) is 5.56. The smallest absolute Gasteiger partial charge is 0.471 e. The van der Waals surface area contributed by atoms with Crippen LogP contribution in [0.3, 0.4) is 0 Å². The lowest BCUT2D eigenvalue weighted by molar-refractivity contribution is -0.174. The van der Waals surface area contributed by atoms with Crippen molar-refractivity contribution < 1.29 is 27.8 Å². The second-order valence-electron chi connectivity index (χ2n) is 4.27. The van der Waals surface area contributed by atoms with E-state index in [1.807, 2.05) is 5.32 Å². The second kappa shape index (κ2) is 4.73. The molecule has 0 heterocycles. The molecule has 0 saturated heterocycles. The molecule has 2 N–H and O–H groups in total. The summed E-state index contributed by atoms with van der Waals surface area (Å²) in [5.41, 5.74) is 0.956. The summed E-state index contributed by atoms with van der Waals surface area (Å²) in [4.78, 5) is 10.9. The summed E-state index contributed by atoms with van der Waals surface area (Å²) in [5.74, 6) is -1.51. The number of amides is 1. The predicted octanol–water partition coefficient (Wildman–Crippen LogP) is 1.85. The molecule has 0 spiro atoms. The number of aliphatic hydroxyl groups is 1. The van der Waals surface area contributed by atoms with Crippen LogP contribution in [0.2, 0.25) is 0 Å². The van der Waals surface area contributed by atoms with Gasteiger partial charge < -0.3 is 15.2 Å². The van der Waals surface area contributed by atoms with Gasteiger partial charge in [-0.05, 0) is 23.3 Å². The lowest BCUT2D eigenvalue weighted by Gasteiger charge is -2.15. The van der Waals surface area contributed by atoms with Gasteiger partial charge in [-0.25, -0.2) is 0 Å². The number of carbonyl (C=O) groups is 1. The number of ether oxygens (including phenoxy) is 1. The quantitative estimate of drug-likeness (QED) is 0.866. The summed E-state index contributed by atoms with van der Waals surface area (Å²) in [6.07, 6.45) is -5.83. The van der Waals surface area contributed by atoms with Crippen molar-refractivity contribution in [2.24, 2.45) is 0 Å². The average Bonchev–Trinajstić information content (AvgIpc) is 2.64. The standard InChI is InChI=1S/C12H12F3NO3/c1-19-6-2-3-7-8(4-6)10(17)5-9(7)16-11(18)12(13,14)15/h2-4,9-10,17H,5H2,1H3,(H,16,18). The van der Waals surface area contributed by atoms with Crippen LogP contribution in [0.15, 0.2) is 18.2 Å². The van der Waals surface area contributed by atoms with Crippen LogP contribution in [0.4, 0.5) is 13.2 Å². The maximum Gasteiger partial charge on any atom is 0.471 e. The first-order valence-electron chi connectivity index (χ1n) is 5.56. The zero-order valence-corrected chi connectivity index (χ0v) is 9.99. The van der Waals surface area contributed by atoms with Crippen molar-refractivity contribution in [3.8, 4) is 5.75 Å². The Morgan fingerprint density at radius 1 is 1.42 bits per heavy atom. The Morgan fingerprint density at radius 2 is 2.11 bits per heavy atom. The monoisotopic (exact) mass is 275 g/mol. The van der Waals surface area contributed by atoms with E-state index in [0.29, 0.717) is 16.9 Å². The van der Waals surface area contributed by atoms with Crippen LogP contribution < -0.4 is 10.1 Å². The third kappa shape index (κ3) is 2.65. The maximum absolute atomic E-state index is 12.2. The number of benzene rings is 1. The van der Waals surface area contributed by atoms with Crippen molar-refractivity contribution in [2.45, 2.75) is 24.7 Å². The molecule has 0 saturated carbocycles. The largest absolute Gasteiger partial charge is 0.497 e. The van der Waals surface area contributed by atoms with Crippen LogP contribution in [0.5, 0.6) is 5.75 Å². The molecule has 7 heteroatoms. The van der Waals surface area contributed by atoms with Crippen molar-refractivity contribution in [3.63, 3.8) is 0 Å². The SMILES string of the molecule is COc1ccc2c(c1)C(O)CC2NC(=O)C(F)(F)F. The molecule has 2 rings (SSSR count). The fourth-order valence-corrected chi connectivity index (χ4v) is 2.14. The number of halogens is 3. The molecule has 1 amide bonds. The number of rotatable bonds is 2. The lowest BCUT2D eigenvalue weighted by atomic mass is 10.1. The van der Waals surface area contributed by atoms with Gasteiger partial charge in [0.2, 0.25) is 0 Å². The van der Waals surface area contributed by atoms with Gasteiger partial charge in [0.15, 0.2) is 0 Å². The first kappa shape index (κ1) is 13.7. The predicted molar refractivity (Wildman–Crippen MR) is 59.5 cm³/mol. The highest BCUT2D eigenvalue weighted by molar-refractivity contribution is 5.82. The number of hydrogen-bond donors (Lipinski definition) is 2. The van der Waals surface area contributed by atoms with Crippen molar-refractivity contribution >= 4 is 5.91 Å². The van der Waals surface area contributed by atoms with Crippen LogP contribution in [0, 0.1) is 0 Å². The number of hydrogen-bond acceptors (Lipinski definition) is 3. The molecule has 1 aromatic carbocycles. The molecule has 4 nitrogen and oxygen atoms in total. The normalized spacial score (nSPS) is 21.9. The zero-order valence-electron chi connectivity index (χ0n) is 9.99. The summed E-state index contributed by atoms with van der Waals surface area (Å²) in [6, 6.07) is 3.83. The fraction of sp³-hybridized carbons (Fsp3) is 0.417. The number of aliphatic hydroxyl groups excluding tert-OH is 1. The van der Waals surface area contributed by atoms with Crippen molar-refractivity contribution in [1.29, 1.82) is 0 Å².